The van der Waals surface area contributed by atoms with Gasteiger partial charge in [0.25, 0.3) is 0 Å². The van der Waals surface area contributed by atoms with E-state index in [2.05, 4.69) is 169 Å². The van der Waals surface area contributed by atoms with Gasteiger partial charge in [-0.25, -0.2) is 0 Å². The van der Waals surface area contributed by atoms with E-state index in [9.17, 15) is 0 Å². The lowest BCUT2D eigenvalue weighted by molar-refractivity contribution is 0.769. The third kappa shape index (κ3) is 3.28. The lowest BCUT2D eigenvalue weighted by Gasteiger charge is -2.34. The van der Waals surface area contributed by atoms with Crippen LogP contribution in [0.15, 0.2) is 158 Å². The number of hydrogen-bond donors (Lipinski definition) is 0. The van der Waals surface area contributed by atoms with Gasteiger partial charge in [-0.2, -0.15) is 0 Å². The number of para-hydroxylation sites is 1. The van der Waals surface area contributed by atoms with Crippen molar-refractivity contribution in [3.8, 4) is 22.3 Å². The minimum atomic E-state index is -0.408. The van der Waals surface area contributed by atoms with E-state index in [1.165, 1.54) is 77.1 Å². The molecule has 1 aromatic heterocycles. The van der Waals surface area contributed by atoms with E-state index in [0.717, 1.165) is 0 Å². The standard InChI is InChI=1S/C42H29N/c1-43-40-27-29-14-9-8-13-28(29)25-37(40)36-21-12-20-33(41(36)43)30-23-24-35-34-19-10-11-22-38(34)42(39(35)26-30,31-15-4-2-5-16-31)32-17-6-3-7-18-32/h2-27H,1H3. The van der Waals surface area contributed by atoms with Crippen molar-refractivity contribution >= 4 is 32.6 Å². The SMILES string of the molecule is Cn1c2cc3ccccc3cc2c2cccc(-c3ccc4c(c3)C(c3ccccc3)(c3ccccc3)c3ccccc3-4)c21. The second kappa shape index (κ2) is 9.05. The summed E-state index contributed by atoms with van der Waals surface area (Å²) in [4.78, 5) is 0. The lowest BCUT2D eigenvalue weighted by Crippen LogP contribution is -2.28. The molecule has 9 rings (SSSR count). The van der Waals surface area contributed by atoms with Crippen LogP contribution in [0.5, 0.6) is 0 Å². The number of benzene rings is 7. The second-order valence-electron chi connectivity index (χ2n) is 11.8. The van der Waals surface area contributed by atoms with Crippen molar-refractivity contribution in [1.29, 1.82) is 0 Å². The first kappa shape index (κ1) is 24.2. The number of aryl methyl sites for hydroxylation is 1. The minimum Gasteiger partial charge on any atom is -0.343 e. The van der Waals surface area contributed by atoms with Crippen LogP contribution in [-0.2, 0) is 12.5 Å². The molecular formula is C42H29N. The maximum Gasteiger partial charge on any atom is 0.0713 e. The molecule has 1 heteroatoms. The summed E-state index contributed by atoms with van der Waals surface area (Å²) in [6.07, 6.45) is 0. The fraction of sp³-hybridized carbons (Fsp3) is 0.0476. The second-order valence-corrected chi connectivity index (χ2v) is 11.8. The normalized spacial score (nSPS) is 13.4. The zero-order chi connectivity index (χ0) is 28.5. The third-order valence-electron chi connectivity index (χ3n) is 9.66. The Bertz CT molecular complexity index is 2300. The van der Waals surface area contributed by atoms with E-state index < -0.39 is 5.41 Å². The molecule has 0 spiro atoms. The maximum absolute atomic E-state index is 2.47. The Morgan fingerprint density at radius 1 is 0.442 bits per heavy atom. The number of hydrogen-bond acceptors (Lipinski definition) is 0. The van der Waals surface area contributed by atoms with Gasteiger partial charge in [0.1, 0.15) is 0 Å². The van der Waals surface area contributed by atoms with Crippen LogP contribution in [0.2, 0.25) is 0 Å². The van der Waals surface area contributed by atoms with E-state index in [4.69, 9.17) is 0 Å². The zero-order valence-corrected chi connectivity index (χ0v) is 24.0. The van der Waals surface area contributed by atoms with Gasteiger partial charge in [0.2, 0.25) is 0 Å². The van der Waals surface area contributed by atoms with Crippen LogP contribution in [0.1, 0.15) is 22.3 Å². The Hall–Kier alpha value is -5.40. The molecule has 0 saturated carbocycles. The molecule has 0 radical (unpaired) electrons. The first-order valence-corrected chi connectivity index (χ1v) is 15.0. The van der Waals surface area contributed by atoms with Crippen molar-refractivity contribution in [1.82, 2.24) is 4.57 Å². The van der Waals surface area contributed by atoms with Crippen molar-refractivity contribution in [2.45, 2.75) is 5.41 Å². The highest BCUT2D eigenvalue weighted by molar-refractivity contribution is 6.16. The molecule has 8 aromatic rings. The first-order chi connectivity index (χ1) is 21.2. The molecular weight excluding hydrogens is 518 g/mol. The molecule has 202 valence electrons. The number of fused-ring (bicyclic) bond motifs is 7. The predicted molar refractivity (Wildman–Crippen MR) is 181 cm³/mol. The summed E-state index contributed by atoms with van der Waals surface area (Å²) in [5.74, 6) is 0. The maximum atomic E-state index is 2.47. The van der Waals surface area contributed by atoms with Crippen molar-refractivity contribution < 1.29 is 0 Å². The van der Waals surface area contributed by atoms with Gasteiger partial charge in [0.15, 0.2) is 0 Å². The van der Waals surface area contributed by atoms with Crippen molar-refractivity contribution in [2.24, 2.45) is 7.05 Å². The molecule has 43 heavy (non-hydrogen) atoms. The van der Waals surface area contributed by atoms with Crippen molar-refractivity contribution in [2.75, 3.05) is 0 Å². The molecule has 0 bridgehead atoms. The number of rotatable bonds is 3. The van der Waals surface area contributed by atoms with Crippen LogP contribution >= 0.6 is 0 Å². The van der Waals surface area contributed by atoms with Crippen LogP contribution in [0.4, 0.5) is 0 Å². The van der Waals surface area contributed by atoms with E-state index >= 15 is 0 Å². The Kier molecular flexibility index (Phi) is 5.10. The summed E-state index contributed by atoms with van der Waals surface area (Å²) < 4.78 is 2.38. The predicted octanol–water partition coefficient (Wildman–Crippen LogP) is 10.5. The Labute approximate surface area is 251 Å². The fourth-order valence-corrected chi connectivity index (χ4v) is 7.81. The third-order valence-corrected chi connectivity index (χ3v) is 9.66. The summed E-state index contributed by atoms with van der Waals surface area (Å²) in [6, 6.07) is 58.3. The summed E-state index contributed by atoms with van der Waals surface area (Å²) in [5.41, 5.74) is 12.5. The van der Waals surface area contributed by atoms with E-state index in [-0.39, 0.29) is 0 Å². The molecule has 7 aromatic carbocycles. The molecule has 0 N–H and O–H groups in total. The Balaban J connectivity index is 1.36. The topological polar surface area (TPSA) is 4.93 Å². The average molecular weight is 548 g/mol. The van der Waals surface area contributed by atoms with Crippen LogP contribution in [-0.4, -0.2) is 4.57 Å². The fourth-order valence-electron chi connectivity index (χ4n) is 7.81. The van der Waals surface area contributed by atoms with Gasteiger partial charge in [-0.15, -0.1) is 0 Å². The van der Waals surface area contributed by atoms with Crippen LogP contribution in [0.25, 0.3) is 54.8 Å². The highest BCUT2D eigenvalue weighted by Crippen LogP contribution is 2.56. The molecule has 0 aliphatic heterocycles. The van der Waals surface area contributed by atoms with Gasteiger partial charge in [-0.1, -0.05) is 140 Å². The highest BCUT2D eigenvalue weighted by atomic mass is 14.9. The Morgan fingerprint density at radius 3 is 1.79 bits per heavy atom. The van der Waals surface area contributed by atoms with Gasteiger partial charge in [0, 0.05) is 28.9 Å². The molecule has 0 unspecified atom stereocenters. The molecule has 1 heterocycles. The summed E-state index contributed by atoms with van der Waals surface area (Å²) in [6.45, 7) is 0. The summed E-state index contributed by atoms with van der Waals surface area (Å²) in [5, 5.41) is 5.14. The molecule has 1 aliphatic rings. The van der Waals surface area contributed by atoms with E-state index in [0.29, 0.717) is 0 Å². The van der Waals surface area contributed by atoms with Gasteiger partial charge >= 0.3 is 0 Å². The summed E-state index contributed by atoms with van der Waals surface area (Å²) in [7, 11) is 2.21. The van der Waals surface area contributed by atoms with Crippen molar-refractivity contribution in [3.63, 3.8) is 0 Å². The van der Waals surface area contributed by atoms with Gasteiger partial charge < -0.3 is 4.57 Å². The van der Waals surface area contributed by atoms with Gasteiger partial charge in [-0.3, -0.25) is 0 Å². The molecule has 0 saturated heterocycles. The molecule has 0 fully saturated rings. The van der Waals surface area contributed by atoms with Gasteiger partial charge in [0.05, 0.1) is 10.9 Å². The van der Waals surface area contributed by atoms with Crippen molar-refractivity contribution in [3.05, 3.63) is 180 Å². The lowest BCUT2D eigenvalue weighted by atomic mass is 9.67. The quantitative estimate of drug-likeness (QED) is 0.207. The number of nitrogens with zero attached hydrogens (tertiary/aromatic N) is 1. The van der Waals surface area contributed by atoms with Crippen LogP contribution in [0.3, 0.4) is 0 Å². The summed E-state index contributed by atoms with van der Waals surface area (Å²) >= 11 is 0. The van der Waals surface area contributed by atoms with Crippen LogP contribution < -0.4 is 0 Å². The smallest absolute Gasteiger partial charge is 0.0713 e. The molecule has 0 atom stereocenters. The highest BCUT2D eigenvalue weighted by Gasteiger charge is 2.46. The minimum absolute atomic E-state index is 0.408. The first-order valence-electron chi connectivity index (χ1n) is 15.0. The largest absolute Gasteiger partial charge is 0.343 e. The Morgan fingerprint density at radius 2 is 1.05 bits per heavy atom. The molecule has 0 amide bonds. The van der Waals surface area contributed by atoms with Gasteiger partial charge in [-0.05, 0) is 67.9 Å². The monoisotopic (exact) mass is 547 g/mol. The molecule has 1 nitrogen and oxygen atoms in total. The number of aromatic nitrogens is 1. The zero-order valence-electron chi connectivity index (χ0n) is 24.0. The average Bonchev–Trinajstić information content (AvgIpc) is 3.53. The van der Waals surface area contributed by atoms with E-state index in [1.54, 1.807) is 0 Å². The van der Waals surface area contributed by atoms with E-state index in [1.807, 2.05) is 0 Å². The van der Waals surface area contributed by atoms with Crippen LogP contribution in [0, 0.1) is 0 Å². The molecule has 1 aliphatic carbocycles.